The predicted octanol–water partition coefficient (Wildman–Crippen LogP) is 1.57. The maximum atomic E-state index is 12.4. The Morgan fingerprint density at radius 2 is 2.05 bits per heavy atom. The second kappa shape index (κ2) is 6.16. The summed E-state index contributed by atoms with van der Waals surface area (Å²) < 4.78 is 5.20. The normalized spacial score (nSPS) is 22.4. The van der Waals surface area contributed by atoms with E-state index in [9.17, 15) is 9.59 Å². The summed E-state index contributed by atoms with van der Waals surface area (Å²) in [5.74, 6) is 0.679. The van der Waals surface area contributed by atoms with Crippen LogP contribution < -0.4 is 10.1 Å². The van der Waals surface area contributed by atoms with Gasteiger partial charge in [0.1, 0.15) is 17.8 Å². The highest BCUT2D eigenvalue weighted by atomic mass is 16.5. The van der Waals surface area contributed by atoms with Gasteiger partial charge < -0.3 is 15.0 Å². The Balaban J connectivity index is 2.28. The molecule has 0 spiro atoms. The third-order valence-electron chi connectivity index (χ3n) is 3.74. The molecule has 5 nitrogen and oxygen atoms in total. The molecule has 1 saturated heterocycles. The Morgan fingerprint density at radius 1 is 1.33 bits per heavy atom. The minimum absolute atomic E-state index is 0.0453. The van der Waals surface area contributed by atoms with Crippen molar-refractivity contribution in [3.05, 3.63) is 29.8 Å². The number of hydrogen-bond acceptors (Lipinski definition) is 3. The fourth-order valence-corrected chi connectivity index (χ4v) is 2.69. The van der Waals surface area contributed by atoms with Crippen molar-refractivity contribution in [3.63, 3.8) is 0 Å². The Morgan fingerprint density at radius 3 is 2.67 bits per heavy atom. The van der Waals surface area contributed by atoms with Gasteiger partial charge >= 0.3 is 0 Å². The summed E-state index contributed by atoms with van der Waals surface area (Å²) in [5.41, 5.74) is 0.954. The summed E-state index contributed by atoms with van der Waals surface area (Å²) in [7, 11) is 1.61. The van der Waals surface area contributed by atoms with E-state index >= 15 is 0 Å². The number of methoxy groups -OCH3 is 1. The molecule has 1 fully saturated rings. The Hall–Kier alpha value is -2.04. The molecule has 0 aromatic heterocycles. The summed E-state index contributed by atoms with van der Waals surface area (Å²) in [4.78, 5) is 26.3. The molecule has 2 rings (SSSR count). The van der Waals surface area contributed by atoms with Crippen LogP contribution in [0.1, 0.15) is 26.3 Å². The molecule has 2 atom stereocenters. The molecular weight excluding hydrogens is 268 g/mol. The molecule has 0 radical (unpaired) electrons. The number of piperazine rings is 1. The first kappa shape index (κ1) is 15.4. The van der Waals surface area contributed by atoms with Gasteiger partial charge in [-0.25, -0.2) is 0 Å². The van der Waals surface area contributed by atoms with Crippen LogP contribution in [0.2, 0.25) is 0 Å². The lowest BCUT2D eigenvalue weighted by atomic mass is 9.96. The molecule has 21 heavy (non-hydrogen) atoms. The van der Waals surface area contributed by atoms with Gasteiger partial charge in [-0.15, -0.1) is 0 Å². The van der Waals surface area contributed by atoms with E-state index < -0.39 is 12.1 Å². The van der Waals surface area contributed by atoms with Gasteiger partial charge in [-0.3, -0.25) is 9.59 Å². The summed E-state index contributed by atoms with van der Waals surface area (Å²) in [6, 6.07) is 6.66. The molecule has 1 N–H and O–H groups in total. The van der Waals surface area contributed by atoms with Crippen molar-refractivity contribution in [2.24, 2.45) is 5.92 Å². The highest BCUT2D eigenvalue weighted by Gasteiger charge is 2.39. The smallest absolute Gasteiger partial charge is 0.245 e. The van der Waals surface area contributed by atoms with Crippen molar-refractivity contribution in [2.45, 2.75) is 39.4 Å². The maximum Gasteiger partial charge on any atom is 0.245 e. The summed E-state index contributed by atoms with van der Waals surface area (Å²) in [6.45, 7) is 6.03. The first-order valence-electron chi connectivity index (χ1n) is 7.17. The fraction of sp³-hybridized carbons (Fsp3) is 0.500. The number of benzene rings is 1. The summed E-state index contributed by atoms with van der Waals surface area (Å²) in [5, 5.41) is 2.74. The highest BCUT2D eigenvalue weighted by Crippen LogP contribution is 2.22. The minimum atomic E-state index is -0.474. The number of carbonyl (C=O) groups is 2. The second-order valence-electron chi connectivity index (χ2n) is 5.74. The zero-order valence-electron chi connectivity index (χ0n) is 12.9. The standard InChI is InChI=1S/C16H22N2O3/c1-10(2)14-15(19)17-11(3)16(20)18(14)9-12-6-5-7-13(8-12)21-4/h5-8,10-11,14H,9H2,1-4H3,(H,17,19). The number of rotatable bonds is 4. The van der Waals surface area contributed by atoms with Crippen molar-refractivity contribution < 1.29 is 14.3 Å². The average Bonchev–Trinajstić information content (AvgIpc) is 2.44. The molecule has 0 bridgehead atoms. The molecular formula is C16H22N2O3. The van der Waals surface area contributed by atoms with Gasteiger partial charge in [0.25, 0.3) is 0 Å². The van der Waals surface area contributed by atoms with Crippen molar-refractivity contribution in [1.29, 1.82) is 0 Å². The van der Waals surface area contributed by atoms with Crippen LogP contribution in [0.15, 0.2) is 24.3 Å². The van der Waals surface area contributed by atoms with Crippen LogP contribution in [0.5, 0.6) is 5.75 Å². The quantitative estimate of drug-likeness (QED) is 0.915. The summed E-state index contributed by atoms with van der Waals surface area (Å²) in [6.07, 6.45) is 0. The van der Waals surface area contributed by atoms with Gasteiger partial charge in [0.15, 0.2) is 0 Å². The van der Waals surface area contributed by atoms with Crippen molar-refractivity contribution >= 4 is 11.8 Å². The number of nitrogens with one attached hydrogen (secondary N) is 1. The lowest BCUT2D eigenvalue weighted by Crippen LogP contribution is -2.63. The molecule has 114 valence electrons. The first-order valence-corrected chi connectivity index (χ1v) is 7.17. The van der Waals surface area contributed by atoms with Gasteiger partial charge in [0.05, 0.1) is 7.11 Å². The second-order valence-corrected chi connectivity index (χ2v) is 5.74. The molecule has 0 saturated carbocycles. The van der Waals surface area contributed by atoms with Gasteiger partial charge in [0.2, 0.25) is 11.8 Å². The molecule has 1 aromatic rings. The monoisotopic (exact) mass is 290 g/mol. The number of hydrogen-bond donors (Lipinski definition) is 1. The van der Waals surface area contributed by atoms with Crippen molar-refractivity contribution in [2.75, 3.05) is 7.11 Å². The first-order chi connectivity index (χ1) is 9.93. The van der Waals surface area contributed by atoms with Crippen LogP contribution >= 0.6 is 0 Å². The molecule has 2 unspecified atom stereocenters. The van der Waals surface area contributed by atoms with E-state index in [1.807, 2.05) is 38.1 Å². The van der Waals surface area contributed by atoms with E-state index in [1.54, 1.807) is 18.9 Å². The highest BCUT2D eigenvalue weighted by molar-refractivity contribution is 5.96. The van der Waals surface area contributed by atoms with Gasteiger partial charge in [0, 0.05) is 6.54 Å². The lowest BCUT2D eigenvalue weighted by molar-refractivity contribution is -0.151. The SMILES string of the molecule is COc1cccc(CN2C(=O)C(C)NC(=O)C2C(C)C)c1. The van der Waals surface area contributed by atoms with E-state index in [-0.39, 0.29) is 17.7 Å². The molecule has 1 aromatic carbocycles. The molecule has 1 aliphatic rings. The number of ether oxygens (including phenoxy) is 1. The molecule has 0 aliphatic carbocycles. The van der Waals surface area contributed by atoms with Crippen LogP contribution in [0.4, 0.5) is 0 Å². The third-order valence-corrected chi connectivity index (χ3v) is 3.74. The van der Waals surface area contributed by atoms with E-state index in [1.165, 1.54) is 0 Å². The van der Waals surface area contributed by atoms with E-state index in [0.717, 1.165) is 11.3 Å². The zero-order chi connectivity index (χ0) is 15.6. The lowest BCUT2D eigenvalue weighted by Gasteiger charge is -2.40. The van der Waals surface area contributed by atoms with Crippen LogP contribution in [-0.2, 0) is 16.1 Å². The molecule has 1 aliphatic heterocycles. The number of nitrogens with zero attached hydrogens (tertiary/aromatic N) is 1. The van der Waals surface area contributed by atoms with E-state index in [4.69, 9.17) is 4.74 Å². The van der Waals surface area contributed by atoms with Crippen LogP contribution in [0.25, 0.3) is 0 Å². The van der Waals surface area contributed by atoms with Gasteiger partial charge in [-0.05, 0) is 30.5 Å². The average molecular weight is 290 g/mol. The van der Waals surface area contributed by atoms with Crippen LogP contribution in [-0.4, -0.2) is 35.9 Å². The summed E-state index contributed by atoms with van der Waals surface area (Å²) >= 11 is 0. The van der Waals surface area contributed by atoms with E-state index in [0.29, 0.717) is 6.54 Å². The molecule has 5 heteroatoms. The Bertz CT molecular complexity index is 542. The van der Waals surface area contributed by atoms with Gasteiger partial charge in [-0.2, -0.15) is 0 Å². The van der Waals surface area contributed by atoms with Crippen molar-refractivity contribution in [3.8, 4) is 5.75 Å². The number of amides is 2. The third kappa shape index (κ3) is 3.17. The van der Waals surface area contributed by atoms with Crippen LogP contribution in [0.3, 0.4) is 0 Å². The Kier molecular flexibility index (Phi) is 4.50. The van der Waals surface area contributed by atoms with Crippen LogP contribution in [0, 0.1) is 5.92 Å². The van der Waals surface area contributed by atoms with Crippen molar-refractivity contribution in [1.82, 2.24) is 10.2 Å². The largest absolute Gasteiger partial charge is 0.497 e. The fourth-order valence-electron chi connectivity index (χ4n) is 2.69. The zero-order valence-corrected chi connectivity index (χ0v) is 12.9. The van der Waals surface area contributed by atoms with E-state index in [2.05, 4.69) is 5.32 Å². The maximum absolute atomic E-state index is 12.4. The number of carbonyl (C=O) groups excluding carboxylic acids is 2. The van der Waals surface area contributed by atoms with Gasteiger partial charge in [-0.1, -0.05) is 26.0 Å². The predicted molar refractivity (Wildman–Crippen MR) is 79.8 cm³/mol. The topological polar surface area (TPSA) is 58.6 Å². The molecule has 2 amide bonds. The Labute approximate surface area is 125 Å². The minimum Gasteiger partial charge on any atom is -0.497 e. The molecule has 1 heterocycles.